The number of esters is 1. The van der Waals surface area contributed by atoms with E-state index in [2.05, 4.69) is 43.1 Å². The Balaban J connectivity index is 1.57. The molecule has 6 nitrogen and oxygen atoms in total. The third-order valence-electron chi connectivity index (χ3n) is 5.17. The molecule has 2 amide bonds. The molecule has 0 atom stereocenters. The van der Waals surface area contributed by atoms with Gasteiger partial charge in [0.2, 0.25) is 0 Å². The molecule has 29 heavy (non-hydrogen) atoms. The van der Waals surface area contributed by atoms with Gasteiger partial charge in [0.1, 0.15) is 0 Å². The molecule has 0 saturated carbocycles. The van der Waals surface area contributed by atoms with Crippen molar-refractivity contribution in [2.75, 3.05) is 43.0 Å². The van der Waals surface area contributed by atoms with Gasteiger partial charge in [-0.1, -0.05) is 17.7 Å². The number of benzene rings is 2. The minimum atomic E-state index is -0.358. The Hall–Kier alpha value is -3.02. The minimum absolute atomic E-state index is 0.120. The molecule has 0 aromatic heterocycles. The van der Waals surface area contributed by atoms with Crippen molar-refractivity contribution in [2.24, 2.45) is 0 Å². The zero-order valence-corrected chi connectivity index (χ0v) is 17.6. The van der Waals surface area contributed by atoms with Crippen molar-refractivity contribution in [1.82, 2.24) is 4.90 Å². The molecule has 1 fully saturated rings. The zero-order chi connectivity index (χ0) is 21.0. The van der Waals surface area contributed by atoms with Gasteiger partial charge >= 0.3 is 12.0 Å². The first-order valence-corrected chi connectivity index (χ1v) is 10.0. The molecule has 3 rings (SSSR count). The molecule has 1 aliphatic heterocycles. The predicted molar refractivity (Wildman–Crippen MR) is 116 cm³/mol. The third kappa shape index (κ3) is 4.88. The summed E-state index contributed by atoms with van der Waals surface area (Å²) in [6.45, 7) is 11.5. The molecular formula is C23H29N3O3. The Morgan fingerprint density at radius 3 is 2.10 bits per heavy atom. The van der Waals surface area contributed by atoms with Gasteiger partial charge < -0.3 is 19.9 Å². The summed E-state index contributed by atoms with van der Waals surface area (Å²) in [5.74, 6) is -0.358. The third-order valence-corrected chi connectivity index (χ3v) is 5.17. The van der Waals surface area contributed by atoms with Crippen LogP contribution in [0.4, 0.5) is 16.2 Å². The topological polar surface area (TPSA) is 61.9 Å². The average Bonchev–Trinajstić information content (AvgIpc) is 2.68. The van der Waals surface area contributed by atoms with Crippen LogP contribution in [0.5, 0.6) is 0 Å². The first-order chi connectivity index (χ1) is 13.9. The number of aryl methyl sites for hydroxylation is 3. The van der Waals surface area contributed by atoms with Crippen molar-refractivity contribution in [2.45, 2.75) is 27.7 Å². The molecule has 0 spiro atoms. The molecule has 0 radical (unpaired) electrons. The van der Waals surface area contributed by atoms with E-state index in [1.54, 1.807) is 31.2 Å². The lowest BCUT2D eigenvalue weighted by molar-refractivity contribution is 0.0526. The number of hydrogen-bond acceptors (Lipinski definition) is 4. The number of anilines is 2. The molecule has 154 valence electrons. The fourth-order valence-corrected chi connectivity index (χ4v) is 3.91. The van der Waals surface area contributed by atoms with Crippen LogP contribution in [0.2, 0.25) is 0 Å². The van der Waals surface area contributed by atoms with E-state index in [-0.39, 0.29) is 12.0 Å². The number of ether oxygens (including phenoxy) is 1. The van der Waals surface area contributed by atoms with E-state index in [1.807, 2.05) is 4.90 Å². The molecule has 0 aliphatic carbocycles. The largest absolute Gasteiger partial charge is 0.462 e. The monoisotopic (exact) mass is 395 g/mol. The first kappa shape index (κ1) is 20.7. The van der Waals surface area contributed by atoms with Crippen molar-refractivity contribution in [3.8, 4) is 0 Å². The van der Waals surface area contributed by atoms with E-state index in [9.17, 15) is 9.59 Å². The maximum Gasteiger partial charge on any atom is 0.338 e. The minimum Gasteiger partial charge on any atom is -0.462 e. The van der Waals surface area contributed by atoms with Gasteiger partial charge in [0.15, 0.2) is 0 Å². The Kier molecular flexibility index (Phi) is 6.42. The fourth-order valence-electron chi connectivity index (χ4n) is 3.91. The highest BCUT2D eigenvalue weighted by Crippen LogP contribution is 2.27. The van der Waals surface area contributed by atoms with Crippen LogP contribution in [-0.4, -0.2) is 49.7 Å². The van der Waals surface area contributed by atoms with Gasteiger partial charge in [0.25, 0.3) is 0 Å². The van der Waals surface area contributed by atoms with Crippen LogP contribution in [0.1, 0.15) is 34.0 Å². The molecular weight excluding hydrogens is 366 g/mol. The van der Waals surface area contributed by atoms with E-state index in [0.717, 1.165) is 13.1 Å². The standard InChI is InChI=1S/C23H29N3O3/c1-5-29-22(27)19-6-8-20(9-7-19)24-23(28)26-12-10-25(11-13-26)21-17(3)14-16(2)15-18(21)4/h6-9,14-15H,5,10-13H2,1-4H3,(H,24,28). The van der Waals surface area contributed by atoms with Crippen LogP contribution in [-0.2, 0) is 4.74 Å². The number of nitrogens with one attached hydrogen (secondary N) is 1. The highest BCUT2D eigenvalue weighted by molar-refractivity contribution is 5.92. The van der Waals surface area contributed by atoms with Crippen molar-refractivity contribution in [3.63, 3.8) is 0 Å². The normalized spacial score (nSPS) is 13.9. The van der Waals surface area contributed by atoms with Crippen molar-refractivity contribution in [1.29, 1.82) is 0 Å². The van der Waals surface area contributed by atoms with E-state index in [1.165, 1.54) is 22.4 Å². The van der Waals surface area contributed by atoms with Crippen molar-refractivity contribution < 1.29 is 14.3 Å². The predicted octanol–water partition coefficient (Wildman–Crippen LogP) is 4.14. The quantitative estimate of drug-likeness (QED) is 0.791. The smallest absolute Gasteiger partial charge is 0.338 e. The van der Waals surface area contributed by atoms with Crippen molar-refractivity contribution in [3.05, 3.63) is 58.7 Å². The van der Waals surface area contributed by atoms with Crippen LogP contribution < -0.4 is 10.2 Å². The lowest BCUT2D eigenvalue weighted by atomic mass is 10.0. The number of rotatable bonds is 4. The fraction of sp³-hybridized carbons (Fsp3) is 0.391. The number of urea groups is 1. The molecule has 1 N–H and O–H groups in total. The molecule has 2 aromatic carbocycles. The maximum atomic E-state index is 12.6. The lowest BCUT2D eigenvalue weighted by Crippen LogP contribution is -2.50. The van der Waals surface area contributed by atoms with Gasteiger partial charge in [-0.05, 0) is 63.1 Å². The van der Waals surface area contributed by atoms with Gasteiger partial charge in [0.05, 0.1) is 12.2 Å². The van der Waals surface area contributed by atoms with Crippen LogP contribution in [0, 0.1) is 20.8 Å². The highest BCUT2D eigenvalue weighted by Gasteiger charge is 2.23. The Morgan fingerprint density at radius 2 is 1.55 bits per heavy atom. The van der Waals surface area contributed by atoms with E-state index in [0.29, 0.717) is 30.9 Å². The van der Waals surface area contributed by atoms with Crippen LogP contribution in [0.25, 0.3) is 0 Å². The molecule has 1 aliphatic rings. The Morgan fingerprint density at radius 1 is 0.966 bits per heavy atom. The van der Waals surface area contributed by atoms with Crippen LogP contribution >= 0.6 is 0 Å². The SMILES string of the molecule is CCOC(=O)c1ccc(NC(=O)N2CCN(c3c(C)cc(C)cc3C)CC2)cc1. The summed E-state index contributed by atoms with van der Waals surface area (Å²) in [5, 5.41) is 2.91. The van der Waals surface area contributed by atoms with E-state index < -0.39 is 0 Å². The number of carbonyl (C=O) groups excluding carboxylic acids is 2. The first-order valence-electron chi connectivity index (χ1n) is 10.0. The summed E-state index contributed by atoms with van der Waals surface area (Å²) in [5.41, 5.74) is 6.25. The number of carbonyl (C=O) groups is 2. The van der Waals surface area contributed by atoms with Gasteiger partial charge in [-0.25, -0.2) is 9.59 Å². The van der Waals surface area contributed by atoms with Gasteiger partial charge in [-0.15, -0.1) is 0 Å². The Labute approximate surface area is 172 Å². The van der Waals surface area contributed by atoms with Gasteiger partial charge in [-0.3, -0.25) is 0 Å². The second-order valence-electron chi connectivity index (χ2n) is 7.45. The van der Waals surface area contributed by atoms with E-state index in [4.69, 9.17) is 4.74 Å². The summed E-state index contributed by atoms with van der Waals surface area (Å²) in [7, 11) is 0. The Bertz CT molecular complexity index is 862. The lowest BCUT2D eigenvalue weighted by Gasteiger charge is -2.37. The molecule has 6 heteroatoms. The molecule has 1 saturated heterocycles. The summed E-state index contributed by atoms with van der Waals surface area (Å²) in [4.78, 5) is 28.5. The average molecular weight is 396 g/mol. The van der Waals surface area contributed by atoms with Crippen LogP contribution in [0.3, 0.4) is 0 Å². The van der Waals surface area contributed by atoms with Gasteiger partial charge in [0, 0.05) is 37.6 Å². The number of piperazine rings is 1. The number of nitrogens with zero attached hydrogens (tertiary/aromatic N) is 2. The second-order valence-corrected chi connectivity index (χ2v) is 7.45. The summed E-state index contributed by atoms with van der Waals surface area (Å²) in [6, 6.07) is 11.1. The summed E-state index contributed by atoms with van der Waals surface area (Å²) < 4.78 is 4.97. The van der Waals surface area contributed by atoms with Crippen molar-refractivity contribution >= 4 is 23.4 Å². The van der Waals surface area contributed by atoms with E-state index >= 15 is 0 Å². The zero-order valence-electron chi connectivity index (χ0n) is 17.6. The molecule has 0 bridgehead atoms. The summed E-state index contributed by atoms with van der Waals surface area (Å²) >= 11 is 0. The maximum absolute atomic E-state index is 12.6. The molecule has 0 unspecified atom stereocenters. The molecule has 2 aromatic rings. The number of hydrogen-bond donors (Lipinski definition) is 1. The van der Waals surface area contributed by atoms with Crippen LogP contribution in [0.15, 0.2) is 36.4 Å². The molecule has 1 heterocycles. The summed E-state index contributed by atoms with van der Waals surface area (Å²) in [6.07, 6.45) is 0. The number of amides is 2. The second kappa shape index (κ2) is 8.99. The van der Waals surface area contributed by atoms with Gasteiger partial charge in [-0.2, -0.15) is 0 Å². The highest BCUT2D eigenvalue weighted by atomic mass is 16.5.